The number of carbonyl (C=O) groups is 1. The van der Waals surface area contributed by atoms with Crippen molar-refractivity contribution in [1.82, 2.24) is 10.6 Å². The van der Waals surface area contributed by atoms with Crippen LogP contribution in [0, 0.1) is 5.92 Å². The fourth-order valence-corrected chi connectivity index (χ4v) is 3.51. The predicted molar refractivity (Wildman–Crippen MR) is 101 cm³/mol. The predicted octanol–water partition coefficient (Wildman–Crippen LogP) is 2.72. The molecular weight excluding hydrogens is 348 g/mol. The lowest BCUT2D eigenvalue weighted by molar-refractivity contribution is -0.120. The van der Waals surface area contributed by atoms with Gasteiger partial charge in [-0.05, 0) is 50.0 Å². The first-order valence-corrected chi connectivity index (χ1v) is 9.03. The van der Waals surface area contributed by atoms with Crippen molar-refractivity contribution in [2.75, 3.05) is 39.6 Å². The van der Waals surface area contributed by atoms with Gasteiger partial charge in [0.25, 0.3) is 0 Å². The number of ether oxygens (including phenoxy) is 2. The molecule has 2 N–H and O–H groups in total. The quantitative estimate of drug-likeness (QED) is 0.651. The molecule has 1 amide bonds. The zero-order valence-corrected chi connectivity index (χ0v) is 15.9. The van der Waals surface area contributed by atoms with Crippen LogP contribution >= 0.6 is 24.2 Å². The molecule has 0 aliphatic carbocycles. The number of halogens is 1. The highest BCUT2D eigenvalue weighted by Crippen LogP contribution is 2.31. The topological polar surface area (TPSA) is 59.6 Å². The largest absolute Gasteiger partial charge is 0.493 e. The first kappa shape index (κ1) is 20.9. The number of rotatable bonds is 9. The maximum Gasteiger partial charge on any atom is 0.220 e. The summed E-state index contributed by atoms with van der Waals surface area (Å²) in [4.78, 5) is 12.9. The number of hydrogen-bond acceptors (Lipinski definition) is 5. The van der Waals surface area contributed by atoms with Crippen LogP contribution in [0.4, 0.5) is 0 Å². The Balaban J connectivity index is 0.00000288. The third-order valence-electron chi connectivity index (χ3n) is 3.99. The molecule has 0 spiro atoms. The van der Waals surface area contributed by atoms with Gasteiger partial charge in [0.15, 0.2) is 11.5 Å². The van der Waals surface area contributed by atoms with E-state index in [1.807, 2.05) is 18.2 Å². The molecule has 1 aliphatic rings. The van der Waals surface area contributed by atoms with E-state index in [9.17, 15) is 4.79 Å². The Morgan fingerprint density at radius 2 is 2.12 bits per heavy atom. The summed E-state index contributed by atoms with van der Waals surface area (Å²) < 4.78 is 10.5. The zero-order valence-electron chi connectivity index (χ0n) is 14.3. The lowest BCUT2D eigenvalue weighted by atomic mass is 10.1. The second kappa shape index (κ2) is 11.4. The lowest BCUT2D eigenvalue weighted by Gasteiger charge is -2.10. The molecule has 1 aromatic rings. The lowest BCUT2D eigenvalue weighted by Crippen LogP contribution is -2.26. The summed E-state index contributed by atoms with van der Waals surface area (Å²) >= 11 is 1.65. The fraction of sp³-hybridized carbons (Fsp3) is 0.588. The van der Waals surface area contributed by atoms with Crippen molar-refractivity contribution in [3.8, 4) is 11.5 Å². The second-order valence-corrected chi connectivity index (χ2v) is 6.78. The first-order chi connectivity index (χ1) is 11.2. The average Bonchev–Trinajstić information content (AvgIpc) is 3.08. The van der Waals surface area contributed by atoms with Crippen LogP contribution < -0.4 is 20.1 Å². The van der Waals surface area contributed by atoms with Gasteiger partial charge in [0.1, 0.15) is 0 Å². The van der Waals surface area contributed by atoms with Crippen molar-refractivity contribution >= 4 is 30.1 Å². The molecule has 5 nitrogen and oxygen atoms in total. The standard InChI is InChI=1S/C17H26N2O3S.ClH/c1-21-15-4-3-14(11-16(15)22-2)23-10-7-17(20)19-9-6-13-5-8-18-12-13;/h3-4,11,13,18H,5-10,12H2,1-2H3,(H,19,20);1H. The van der Waals surface area contributed by atoms with E-state index in [0.29, 0.717) is 12.2 Å². The molecule has 1 unspecified atom stereocenters. The van der Waals surface area contributed by atoms with Crippen LogP contribution in [0.2, 0.25) is 0 Å². The van der Waals surface area contributed by atoms with E-state index in [-0.39, 0.29) is 18.3 Å². The Labute approximate surface area is 154 Å². The van der Waals surface area contributed by atoms with Gasteiger partial charge in [-0.25, -0.2) is 0 Å². The minimum atomic E-state index is 0. The van der Waals surface area contributed by atoms with Crippen molar-refractivity contribution in [3.05, 3.63) is 18.2 Å². The highest BCUT2D eigenvalue weighted by atomic mass is 35.5. The summed E-state index contributed by atoms with van der Waals surface area (Å²) in [5, 5.41) is 6.36. The van der Waals surface area contributed by atoms with E-state index in [1.165, 1.54) is 6.42 Å². The van der Waals surface area contributed by atoms with Gasteiger partial charge in [0.2, 0.25) is 5.91 Å². The Hall–Kier alpha value is -1.11. The minimum Gasteiger partial charge on any atom is -0.493 e. The molecule has 1 heterocycles. The van der Waals surface area contributed by atoms with Crippen LogP contribution in [0.3, 0.4) is 0 Å². The molecule has 1 saturated heterocycles. The van der Waals surface area contributed by atoms with Gasteiger partial charge in [-0.1, -0.05) is 0 Å². The van der Waals surface area contributed by atoms with E-state index < -0.39 is 0 Å². The van der Waals surface area contributed by atoms with Crippen LogP contribution in [-0.2, 0) is 4.79 Å². The Morgan fingerprint density at radius 1 is 1.33 bits per heavy atom. The molecule has 1 fully saturated rings. The molecule has 1 aliphatic heterocycles. The van der Waals surface area contributed by atoms with E-state index in [1.54, 1.807) is 26.0 Å². The molecule has 2 rings (SSSR count). The van der Waals surface area contributed by atoms with Crippen molar-refractivity contribution in [2.24, 2.45) is 5.92 Å². The summed E-state index contributed by atoms with van der Waals surface area (Å²) in [6.45, 7) is 2.98. The van der Waals surface area contributed by atoms with Crippen LogP contribution in [-0.4, -0.2) is 45.5 Å². The summed E-state index contributed by atoms with van der Waals surface area (Å²) in [6.07, 6.45) is 2.83. The van der Waals surface area contributed by atoms with E-state index in [0.717, 1.165) is 48.4 Å². The van der Waals surface area contributed by atoms with Gasteiger partial charge in [0.05, 0.1) is 14.2 Å². The number of thioether (sulfide) groups is 1. The Kier molecular flexibility index (Phi) is 9.98. The van der Waals surface area contributed by atoms with Gasteiger partial charge in [-0.3, -0.25) is 4.79 Å². The van der Waals surface area contributed by atoms with Gasteiger partial charge in [-0.15, -0.1) is 24.2 Å². The number of hydrogen-bond donors (Lipinski definition) is 2. The summed E-state index contributed by atoms with van der Waals surface area (Å²) in [7, 11) is 3.25. The molecule has 1 atom stereocenters. The number of amides is 1. The highest BCUT2D eigenvalue weighted by Gasteiger charge is 2.14. The minimum absolute atomic E-state index is 0. The van der Waals surface area contributed by atoms with Crippen molar-refractivity contribution in [2.45, 2.75) is 24.2 Å². The number of benzene rings is 1. The first-order valence-electron chi connectivity index (χ1n) is 8.05. The summed E-state index contributed by atoms with van der Waals surface area (Å²) in [6, 6.07) is 5.81. The molecule has 0 saturated carbocycles. The normalized spacial score (nSPS) is 16.3. The monoisotopic (exact) mass is 374 g/mol. The Morgan fingerprint density at radius 3 is 2.79 bits per heavy atom. The zero-order chi connectivity index (χ0) is 16.5. The maximum atomic E-state index is 11.8. The molecule has 7 heteroatoms. The number of carbonyl (C=O) groups excluding carboxylic acids is 1. The Bertz CT molecular complexity index is 511. The molecule has 136 valence electrons. The second-order valence-electron chi connectivity index (χ2n) is 5.61. The summed E-state index contributed by atoms with van der Waals surface area (Å²) in [5.41, 5.74) is 0. The molecule has 0 aromatic heterocycles. The van der Waals surface area contributed by atoms with E-state index in [4.69, 9.17) is 9.47 Å². The van der Waals surface area contributed by atoms with Crippen molar-refractivity contribution in [3.63, 3.8) is 0 Å². The SMILES string of the molecule is COc1ccc(SCCC(=O)NCCC2CCNC2)cc1OC.Cl. The van der Waals surface area contributed by atoms with E-state index in [2.05, 4.69) is 10.6 Å². The van der Waals surface area contributed by atoms with Crippen LogP contribution in [0.25, 0.3) is 0 Å². The van der Waals surface area contributed by atoms with Gasteiger partial charge < -0.3 is 20.1 Å². The summed E-state index contributed by atoms with van der Waals surface area (Å²) in [5.74, 6) is 3.04. The third kappa shape index (κ3) is 6.79. The van der Waals surface area contributed by atoms with Gasteiger partial charge in [0, 0.05) is 23.6 Å². The van der Waals surface area contributed by atoms with Crippen LogP contribution in [0.1, 0.15) is 19.3 Å². The maximum absolute atomic E-state index is 11.8. The molecule has 1 aromatic carbocycles. The highest BCUT2D eigenvalue weighted by molar-refractivity contribution is 7.99. The third-order valence-corrected chi connectivity index (χ3v) is 4.99. The molecule has 0 bridgehead atoms. The van der Waals surface area contributed by atoms with Crippen LogP contribution in [0.15, 0.2) is 23.1 Å². The smallest absolute Gasteiger partial charge is 0.220 e. The van der Waals surface area contributed by atoms with E-state index >= 15 is 0 Å². The molecular formula is C17H27ClN2O3S. The molecule has 0 radical (unpaired) electrons. The van der Waals surface area contributed by atoms with Crippen molar-refractivity contribution < 1.29 is 14.3 Å². The van der Waals surface area contributed by atoms with Crippen LogP contribution in [0.5, 0.6) is 11.5 Å². The average molecular weight is 375 g/mol. The van der Waals surface area contributed by atoms with Gasteiger partial charge in [-0.2, -0.15) is 0 Å². The fourth-order valence-electron chi connectivity index (χ4n) is 2.63. The molecule has 24 heavy (non-hydrogen) atoms. The van der Waals surface area contributed by atoms with Gasteiger partial charge >= 0.3 is 0 Å². The number of methoxy groups -OCH3 is 2. The number of nitrogens with one attached hydrogen (secondary N) is 2. The van der Waals surface area contributed by atoms with Crippen molar-refractivity contribution in [1.29, 1.82) is 0 Å².